The molecule has 21 heavy (non-hydrogen) atoms. The average Bonchev–Trinajstić information content (AvgIpc) is 2.98. The van der Waals surface area contributed by atoms with Gasteiger partial charge in [0.25, 0.3) is 0 Å². The lowest BCUT2D eigenvalue weighted by Gasteiger charge is -2.18. The van der Waals surface area contributed by atoms with Crippen LogP contribution in [0.4, 0.5) is 0 Å². The zero-order valence-corrected chi connectivity index (χ0v) is 12.4. The third kappa shape index (κ3) is 3.68. The van der Waals surface area contributed by atoms with Gasteiger partial charge in [-0.05, 0) is 49.0 Å². The molecule has 1 heterocycles. The van der Waals surface area contributed by atoms with E-state index in [2.05, 4.69) is 16.9 Å². The maximum absolute atomic E-state index is 11.9. The number of pyridine rings is 1. The summed E-state index contributed by atoms with van der Waals surface area (Å²) >= 11 is 0. The molecule has 0 fully saturated rings. The molecule has 0 unspecified atom stereocenters. The molecule has 0 radical (unpaired) electrons. The van der Waals surface area contributed by atoms with Crippen molar-refractivity contribution in [2.75, 3.05) is 13.1 Å². The molecule has 0 saturated carbocycles. The van der Waals surface area contributed by atoms with Crippen molar-refractivity contribution in [2.45, 2.75) is 32.7 Å². The first kappa shape index (κ1) is 15.2. The normalized spacial score (nSPS) is 12.6. The van der Waals surface area contributed by atoms with Crippen molar-refractivity contribution in [1.82, 2.24) is 15.2 Å². The van der Waals surface area contributed by atoms with Crippen LogP contribution in [-0.2, 0) is 29.0 Å². The van der Waals surface area contributed by atoms with Gasteiger partial charge in [0.1, 0.15) is 0 Å². The van der Waals surface area contributed by atoms with Crippen molar-refractivity contribution in [1.29, 1.82) is 0 Å². The lowest BCUT2D eigenvalue weighted by Crippen LogP contribution is -2.39. The standard InChI is InChI=1S/C16H21N3O2/c1-3-16(21)19(4-2)11-15(20)18-10-13-9-17-8-12-6-5-7-14(12)13/h3,8-9H,1,4-7,10-11H2,2H3,(H,18,20). The Labute approximate surface area is 125 Å². The van der Waals surface area contributed by atoms with Gasteiger partial charge in [0, 0.05) is 25.5 Å². The Morgan fingerprint density at radius 1 is 1.43 bits per heavy atom. The lowest BCUT2D eigenvalue weighted by molar-refractivity contribution is -0.132. The number of likely N-dealkylation sites (N-methyl/N-ethyl adjacent to an activating group) is 1. The molecule has 0 atom stereocenters. The molecule has 0 saturated heterocycles. The molecule has 5 heteroatoms. The smallest absolute Gasteiger partial charge is 0.246 e. The fourth-order valence-electron chi connectivity index (χ4n) is 2.62. The Hall–Kier alpha value is -2.17. The summed E-state index contributed by atoms with van der Waals surface area (Å²) in [6.45, 7) is 6.29. The molecule has 2 amide bonds. The zero-order chi connectivity index (χ0) is 15.2. The van der Waals surface area contributed by atoms with Gasteiger partial charge in [-0.2, -0.15) is 0 Å². The van der Waals surface area contributed by atoms with Crippen LogP contribution >= 0.6 is 0 Å². The maximum Gasteiger partial charge on any atom is 0.246 e. The van der Waals surface area contributed by atoms with Gasteiger partial charge < -0.3 is 10.2 Å². The highest BCUT2D eigenvalue weighted by Crippen LogP contribution is 2.23. The fourth-order valence-corrected chi connectivity index (χ4v) is 2.62. The highest BCUT2D eigenvalue weighted by Gasteiger charge is 2.16. The first-order valence-electron chi connectivity index (χ1n) is 7.28. The van der Waals surface area contributed by atoms with E-state index in [4.69, 9.17) is 0 Å². The van der Waals surface area contributed by atoms with Crippen LogP contribution in [0.15, 0.2) is 25.0 Å². The van der Waals surface area contributed by atoms with E-state index in [0.717, 1.165) is 24.8 Å². The molecule has 1 N–H and O–H groups in total. The molecule has 1 aliphatic carbocycles. The number of aryl methyl sites for hydroxylation is 1. The third-order valence-corrected chi connectivity index (χ3v) is 3.79. The van der Waals surface area contributed by atoms with Crippen LogP contribution in [0.2, 0.25) is 0 Å². The van der Waals surface area contributed by atoms with Gasteiger partial charge in [0.05, 0.1) is 6.54 Å². The molecular formula is C16H21N3O2. The highest BCUT2D eigenvalue weighted by molar-refractivity contribution is 5.90. The number of hydrogen-bond acceptors (Lipinski definition) is 3. The van der Waals surface area contributed by atoms with Crippen LogP contribution in [0.5, 0.6) is 0 Å². The Morgan fingerprint density at radius 2 is 2.24 bits per heavy atom. The molecule has 5 nitrogen and oxygen atoms in total. The number of carbonyl (C=O) groups excluding carboxylic acids is 2. The summed E-state index contributed by atoms with van der Waals surface area (Å²) in [6, 6.07) is 0. The first-order chi connectivity index (χ1) is 10.2. The number of rotatable bonds is 6. The minimum Gasteiger partial charge on any atom is -0.350 e. The summed E-state index contributed by atoms with van der Waals surface area (Å²) < 4.78 is 0. The molecule has 0 spiro atoms. The second-order valence-corrected chi connectivity index (χ2v) is 5.12. The van der Waals surface area contributed by atoms with E-state index >= 15 is 0 Å². The second-order valence-electron chi connectivity index (χ2n) is 5.12. The minimum absolute atomic E-state index is 0.0593. The summed E-state index contributed by atoms with van der Waals surface area (Å²) in [5.74, 6) is -0.391. The van der Waals surface area contributed by atoms with Crippen LogP contribution in [0.1, 0.15) is 30.0 Å². The van der Waals surface area contributed by atoms with Crippen LogP contribution in [0, 0.1) is 0 Å². The van der Waals surface area contributed by atoms with Gasteiger partial charge in [0.15, 0.2) is 0 Å². The Balaban J connectivity index is 1.91. The maximum atomic E-state index is 11.9. The minimum atomic E-state index is -0.227. The van der Waals surface area contributed by atoms with Crippen LogP contribution in [0.3, 0.4) is 0 Å². The number of fused-ring (bicyclic) bond motifs is 1. The van der Waals surface area contributed by atoms with Gasteiger partial charge in [-0.25, -0.2) is 0 Å². The van der Waals surface area contributed by atoms with Crippen molar-refractivity contribution in [3.8, 4) is 0 Å². The van der Waals surface area contributed by atoms with Crippen molar-refractivity contribution in [3.63, 3.8) is 0 Å². The van der Waals surface area contributed by atoms with E-state index in [1.54, 1.807) is 0 Å². The van der Waals surface area contributed by atoms with Crippen molar-refractivity contribution < 1.29 is 9.59 Å². The van der Waals surface area contributed by atoms with E-state index in [9.17, 15) is 9.59 Å². The number of aromatic nitrogens is 1. The number of nitrogens with zero attached hydrogens (tertiary/aromatic N) is 2. The predicted octanol–water partition coefficient (Wildman–Crippen LogP) is 1.22. The fraction of sp³-hybridized carbons (Fsp3) is 0.438. The van der Waals surface area contributed by atoms with Gasteiger partial charge in [-0.1, -0.05) is 6.58 Å². The van der Waals surface area contributed by atoms with Crippen LogP contribution in [-0.4, -0.2) is 34.8 Å². The molecule has 112 valence electrons. The largest absolute Gasteiger partial charge is 0.350 e. The van der Waals surface area contributed by atoms with Gasteiger partial charge in [-0.3, -0.25) is 14.6 Å². The summed E-state index contributed by atoms with van der Waals surface area (Å²) in [5, 5.41) is 2.87. The first-order valence-corrected chi connectivity index (χ1v) is 7.28. The summed E-state index contributed by atoms with van der Waals surface area (Å²) in [4.78, 5) is 29.1. The number of carbonyl (C=O) groups is 2. The monoisotopic (exact) mass is 287 g/mol. The van der Waals surface area contributed by atoms with E-state index in [-0.39, 0.29) is 18.4 Å². The molecule has 2 rings (SSSR count). The lowest BCUT2D eigenvalue weighted by atomic mass is 10.1. The van der Waals surface area contributed by atoms with E-state index in [1.165, 1.54) is 22.1 Å². The molecular weight excluding hydrogens is 266 g/mol. The van der Waals surface area contributed by atoms with E-state index < -0.39 is 0 Å². The zero-order valence-electron chi connectivity index (χ0n) is 12.4. The molecule has 1 aliphatic rings. The van der Waals surface area contributed by atoms with Gasteiger partial charge >= 0.3 is 0 Å². The van der Waals surface area contributed by atoms with Gasteiger partial charge in [-0.15, -0.1) is 0 Å². The number of hydrogen-bond donors (Lipinski definition) is 1. The summed E-state index contributed by atoms with van der Waals surface area (Å²) in [7, 11) is 0. The quantitative estimate of drug-likeness (QED) is 0.800. The van der Waals surface area contributed by atoms with Crippen molar-refractivity contribution in [2.24, 2.45) is 0 Å². The van der Waals surface area contributed by atoms with Crippen LogP contribution in [0.25, 0.3) is 0 Å². The van der Waals surface area contributed by atoms with Gasteiger partial charge in [0.2, 0.25) is 11.8 Å². The second kappa shape index (κ2) is 7.02. The predicted molar refractivity (Wildman–Crippen MR) is 80.6 cm³/mol. The van der Waals surface area contributed by atoms with E-state index in [0.29, 0.717) is 13.1 Å². The molecule has 0 bridgehead atoms. The molecule has 0 aliphatic heterocycles. The van der Waals surface area contributed by atoms with Crippen LogP contribution < -0.4 is 5.32 Å². The van der Waals surface area contributed by atoms with E-state index in [1.807, 2.05) is 19.3 Å². The Kier molecular flexibility index (Phi) is 5.09. The highest BCUT2D eigenvalue weighted by atomic mass is 16.2. The molecule has 0 aromatic carbocycles. The number of nitrogens with one attached hydrogen (secondary N) is 1. The summed E-state index contributed by atoms with van der Waals surface area (Å²) in [6.07, 6.45) is 8.23. The molecule has 1 aromatic rings. The van der Waals surface area contributed by atoms with Crippen molar-refractivity contribution >= 4 is 11.8 Å². The Bertz CT molecular complexity index is 554. The third-order valence-electron chi connectivity index (χ3n) is 3.79. The Morgan fingerprint density at radius 3 is 2.95 bits per heavy atom. The molecule has 1 aromatic heterocycles. The number of amides is 2. The summed E-state index contributed by atoms with van der Waals surface area (Å²) in [5.41, 5.74) is 3.69. The SMILES string of the molecule is C=CC(=O)N(CC)CC(=O)NCc1cncc2c1CCC2. The topological polar surface area (TPSA) is 62.3 Å². The van der Waals surface area contributed by atoms with Crippen molar-refractivity contribution in [3.05, 3.63) is 41.7 Å². The average molecular weight is 287 g/mol.